The molecule has 0 atom stereocenters. The Balaban J connectivity index is 4.23. The monoisotopic (exact) mass is 715 g/mol. The van der Waals surface area contributed by atoms with Crippen molar-refractivity contribution in [2.75, 3.05) is 32.8 Å². The first kappa shape index (κ1) is 48.5. The first-order valence-corrected chi connectivity index (χ1v) is 21.6. The van der Waals surface area contributed by atoms with E-state index >= 15 is 0 Å². The lowest BCUT2D eigenvalue weighted by molar-refractivity contribution is 0.0992. The van der Waals surface area contributed by atoms with Crippen LogP contribution in [0.4, 0.5) is 9.59 Å². The number of carbonyl (C=O) groups excluding carboxylic acids is 2. The van der Waals surface area contributed by atoms with Crippen molar-refractivity contribution in [2.45, 2.75) is 194 Å². The number of nitrogens with zero attached hydrogens (tertiary/aromatic N) is 1. The van der Waals surface area contributed by atoms with Crippen LogP contribution in [-0.4, -0.2) is 49.9 Å². The summed E-state index contributed by atoms with van der Waals surface area (Å²) in [5.41, 5.74) is 0. The minimum Gasteiger partial charge on any atom is -0.450 e. The summed E-state index contributed by atoms with van der Waals surface area (Å²) in [5.74, 6) is 0. The van der Waals surface area contributed by atoms with Gasteiger partial charge >= 0.3 is 12.2 Å². The summed E-state index contributed by atoms with van der Waals surface area (Å²) in [6, 6.07) is 0. The average molecular weight is 715 g/mol. The van der Waals surface area contributed by atoms with Gasteiger partial charge in [-0.15, -0.1) is 0 Å². The highest BCUT2D eigenvalue weighted by Gasteiger charge is 2.14. The molecule has 0 aliphatic rings. The lowest BCUT2D eigenvalue weighted by Gasteiger charge is -2.22. The van der Waals surface area contributed by atoms with Crippen LogP contribution in [-0.2, 0) is 9.47 Å². The van der Waals surface area contributed by atoms with Crippen LogP contribution in [0.5, 0.6) is 0 Å². The molecular formula is C45H82N2O4. The molecule has 0 bridgehead atoms. The molecule has 0 aromatic carbocycles. The molecule has 6 heteroatoms. The highest BCUT2D eigenvalue weighted by molar-refractivity contribution is 5.67. The van der Waals surface area contributed by atoms with E-state index in [0.29, 0.717) is 26.2 Å². The maximum atomic E-state index is 13.0. The first-order valence-electron chi connectivity index (χ1n) is 21.6. The summed E-state index contributed by atoms with van der Waals surface area (Å²) in [6.07, 6.45) is 49.5. The fourth-order valence-corrected chi connectivity index (χ4v) is 5.75. The Bertz CT molecular complexity index is 818. The smallest absolute Gasteiger partial charge is 0.409 e. The molecule has 0 saturated carbocycles. The van der Waals surface area contributed by atoms with E-state index in [1.807, 2.05) is 4.90 Å². The van der Waals surface area contributed by atoms with Gasteiger partial charge in [-0.1, -0.05) is 153 Å². The summed E-state index contributed by atoms with van der Waals surface area (Å²) < 4.78 is 10.7. The van der Waals surface area contributed by atoms with E-state index in [9.17, 15) is 9.59 Å². The average Bonchev–Trinajstić information content (AvgIpc) is 3.13. The van der Waals surface area contributed by atoms with Gasteiger partial charge in [-0.25, -0.2) is 9.59 Å². The fourth-order valence-electron chi connectivity index (χ4n) is 5.75. The van der Waals surface area contributed by atoms with Crippen molar-refractivity contribution in [2.24, 2.45) is 0 Å². The summed E-state index contributed by atoms with van der Waals surface area (Å²) in [4.78, 5) is 26.6. The van der Waals surface area contributed by atoms with E-state index in [0.717, 1.165) is 64.5 Å². The highest BCUT2D eigenvalue weighted by Crippen LogP contribution is 2.12. The van der Waals surface area contributed by atoms with Crippen LogP contribution in [0.3, 0.4) is 0 Å². The number of nitrogens with one attached hydrogen (secondary N) is 1. The predicted octanol–water partition coefficient (Wildman–Crippen LogP) is 14.0. The number of rotatable bonds is 37. The Morgan fingerprint density at radius 3 is 1.29 bits per heavy atom. The van der Waals surface area contributed by atoms with Crippen molar-refractivity contribution in [3.63, 3.8) is 0 Å². The Morgan fingerprint density at radius 2 is 0.843 bits per heavy atom. The SMILES string of the molecule is CCCCCC=CCC=CCCCCCCCCN(CCCCCCCCC=CCC=CCCCCC)C(=O)OCCCNC(=O)OCCCC. The standard InChI is InChI=1S/C45H82N2O4/c1-4-7-10-12-14-16-18-20-22-24-26-28-30-32-34-36-40-47(45(49)51-43-38-39-46-44(48)50-42-9-6-3)41-37-35-33-31-29-27-25-23-21-19-17-15-13-11-8-5-2/h14-17,20-23H,4-13,18-19,24-43H2,1-3H3,(H,46,48). The summed E-state index contributed by atoms with van der Waals surface area (Å²) >= 11 is 0. The lowest BCUT2D eigenvalue weighted by atomic mass is 10.1. The van der Waals surface area contributed by atoms with Gasteiger partial charge < -0.3 is 19.7 Å². The van der Waals surface area contributed by atoms with Crippen molar-refractivity contribution in [3.05, 3.63) is 48.6 Å². The van der Waals surface area contributed by atoms with Gasteiger partial charge in [0.1, 0.15) is 0 Å². The summed E-state index contributed by atoms with van der Waals surface area (Å²) in [5, 5.41) is 2.74. The second-order valence-corrected chi connectivity index (χ2v) is 14.0. The molecule has 6 nitrogen and oxygen atoms in total. The molecule has 0 radical (unpaired) electrons. The van der Waals surface area contributed by atoms with Gasteiger partial charge in [-0.2, -0.15) is 0 Å². The maximum absolute atomic E-state index is 13.0. The topological polar surface area (TPSA) is 67.9 Å². The van der Waals surface area contributed by atoms with Crippen LogP contribution in [0.15, 0.2) is 48.6 Å². The molecule has 0 aromatic rings. The second-order valence-electron chi connectivity index (χ2n) is 14.0. The Labute approximate surface area is 316 Å². The van der Waals surface area contributed by atoms with Crippen molar-refractivity contribution >= 4 is 12.2 Å². The van der Waals surface area contributed by atoms with Crippen molar-refractivity contribution in [1.29, 1.82) is 0 Å². The Morgan fingerprint density at radius 1 is 0.451 bits per heavy atom. The van der Waals surface area contributed by atoms with Crippen molar-refractivity contribution in [3.8, 4) is 0 Å². The summed E-state index contributed by atoms with van der Waals surface area (Å²) in [7, 11) is 0. The van der Waals surface area contributed by atoms with Gasteiger partial charge in [0.25, 0.3) is 0 Å². The van der Waals surface area contributed by atoms with Crippen molar-refractivity contribution < 1.29 is 19.1 Å². The summed E-state index contributed by atoms with van der Waals surface area (Å²) in [6.45, 7) is 9.27. The Kier molecular flexibility index (Phi) is 39.9. The predicted molar refractivity (Wildman–Crippen MR) is 221 cm³/mol. The van der Waals surface area contributed by atoms with E-state index in [1.54, 1.807) is 0 Å². The van der Waals surface area contributed by atoms with Gasteiger partial charge in [0, 0.05) is 19.6 Å². The molecule has 0 rings (SSSR count). The molecular weight excluding hydrogens is 633 g/mol. The fraction of sp³-hybridized carbons (Fsp3) is 0.778. The first-order chi connectivity index (χ1) is 25.2. The third-order valence-corrected chi connectivity index (χ3v) is 9.06. The van der Waals surface area contributed by atoms with Gasteiger partial charge in [0.05, 0.1) is 13.2 Å². The zero-order valence-corrected chi connectivity index (χ0v) is 33.8. The molecule has 0 unspecified atom stereocenters. The van der Waals surface area contributed by atoms with E-state index in [2.05, 4.69) is 74.7 Å². The molecule has 0 aliphatic carbocycles. The number of hydrogen-bond donors (Lipinski definition) is 1. The quantitative estimate of drug-likeness (QED) is 0.0514. The normalized spacial score (nSPS) is 11.8. The molecule has 0 aliphatic heterocycles. The zero-order chi connectivity index (χ0) is 37.1. The van der Waals surface area contributed by atoms with E-state index in [4.69, 9.17) is 9.47 Å². The van der Waals surface area contributed by atoms with Gasteiger partial charge in [0.2, 0.25) is 0 Å². The molecule has 0 saturated heterocycles. The molecule has 2 amide bonds. The van der Waals surface area contributed by atoms with Gasteiger partial charge in [-0.3, -0.25) is 0 Å². The largest absolute Gasteiger partial charge is 0.450 e. The third kappa shape index (κ3) is 38.6. The number of ether oxygens (including phenoxy) is 2. The van der Waals surface area contributed by atoms with Crippen LogP contribution < -0.4 is 5.32 Å². The van der Waals surface area contributed by atoms with E-state index in [-0.39, 0.29) is 6.09 Å². The lowest BCUT2D eigenvalue weighted by Crippen LogP contribution is -2.34. The number of amides is 2. The number of alkyl carbamates (subject to hydrolysis) is 1. The molecule has 51 heavy (non-hydrogen) atoms. The number of hydrogen-bond acceptors (Lipinski definition) is 4. The van der Waals surface area contributed by atoms with Crippen LogP contribution in [0.2, 0.25) is 0 Å². The zero-order valence-electron chi connectivity index (χ0n) is 33.8. The van der Waals surface area contributed by atoms with Crippen LogP contribution in [0, 0.1) is 0 Å². The van der Waals surface area contributed by atoms with Gasteiger partial charge in [0.15, 0.2) is 0 Å². The van der Waals surface area contributed by atoms with Crippen LogP contribution >= 0.6 is 0 Å². The number of unbranched alkanes of at least 4 members (excludes halogenated alkanes) is 19. The molecule has 0 spiro atoms. The van der Waals surface area contributed by atoms with Crippen molar-refractivity contribution in [1.82, 2.24) is 10.2 Å². The molecule has 1 N–H and O–H groups in total. The number of allylic oxidation sites excluding steroid dienone is 8. The number of carbonyl (C=O) groups is 2. The minimum atomic E-state index is -0.397. The molecule has 0 fully saturated rings. The minimum absolute atomic E-state index is 0.217. The third-order valence-electron chi connectivity index (χ3n) is 9.06. The Hall–Kier alpha value is -2.50. The molecule has 0 heterocycles. The van der Waals surface area contributed by atoms with E-state index < -0.39 is 6.09 Å². The van der Waals surface area contributed by atoms with Gasteiger partial charge in [-0.05, 0) is 89.9 Å². The molecule has 296 valence electrons. The maximum Gasteiger partial charge on any atom is 0.409 e. The highest BCUT2D eigenvalue weighted by atomic mass is 16.6. The van der Waals surface area contributed by atoms with E-state index in [1.165, 1.54) is 116 Å². The van der Waals surface area contributed by atoms with Crippen LogP contribution in [0.1, 0.15) is 194 Å². The second kappa shape index (κ2) is 41.9. The van der Waals surface area contributed by atoms with Crippen LogP contribution in [0.25, 0.3) is 0 Å². The molecule has 0 aromatic heterocycles.